The second-order valence-corrected chi connectivity index (χ2v) is 8.33. The number of aromatic nitrogens is 1. The first-order valence-corrected chi connectivity index (χ1v) is 10.5. The summed E-state index contributed by atoms with van der Waals surface area (Å²) in [6.45, 7) is 7.27. The molecule has 0 spiro atoms. The largest absolute Gasteiger partial charge is 0.497 e. The van der Waals surface area contributed by atoms with Gasteiger partial charge in [0.25, 0.3) is 0 Å². The predicted molar refractivity (Wildman–Crippen MR) is 111 cm³/mol. The Morgan fingerprint density at radius 2 is 2.10 bits per heavy atom. The van der Waals surface area contributed by atoms with Crippen molar-refractivity contribution >= 4 is 0 Å². The smallest absolute Gasteiger partial charge is 0.154 e. The van der Waals surface area contributed by atoms with Crippen molar-refractivity contribution in [1.82, 2.24) is 20.9 Å². The van der Waals surface area contributed by atoms with Crippen LogP contribution in [0.15, 0.2) is 28.8 Å². The number of nitrogens with one attached hydrogen (secondary N) is 2. The van der Waals surface area contributed by atoms with Gasteiger partial charge in [-0.15, -0.1) is 0 Å². The fraction of sp³-hybridized carbons (Fsp3) is 0.591. The molecule has 7 nitrogen and oxygen atoms in total. The van der Waals surface area contributed by atoms with Crippen molar-refractivity contribution < 1.29 is 14.0 Å². The van der Waals surface area contributed by atoms with Gasteiger partial charge in [-0.05, 0) is 43.5 Å². The molecule has 0 aliphatic carbocycles. The number of hydrogen-bond donors (Lipinski definition) is 2. The van der Waals surface area contributed by atoms with E-state index in [1.54, 1.807) is 14.2 Å². The summed E-state index contributed by atoms with van der Waals surface area (Å²) < 4.78 is 16.8. The summed E-state index contributed by atoms with van der Waals surface area (Å²) in [5.74, 6) is 3.52. The molecule has 2 fully saturated rings. The molecule has 1 aromatic heterocycles. The van der Waals surface area contributed by atoms with Gasteiger partial charge in [-0.1, -0.05) is 19.0 Å². The topological polar surface area (TPSA) is 71.8 Å². The van der Waals surface area contributed by atoms with Crippen LogP contribution in [-0.2, 0) is 0 Å². The van der Waals surface area contributed by atoms with E-state index in [9.17, 15) is 0 Å². The molecule has 158 valence electrons. The summed E-state index contributed by atoms with van der Waals surface area (Å²) in [7, 11) is 3.41. The van der Waals surface area contributed by atoms with E-state index in [0.29, 0.717) is 17.9 Å². The lowest BCUT2D eigenvalue weighted by molar-refractivity contribution is 0.182. The van der Waals surface area contributed by atoms with Crippen molar-refractivity contribution in [3.8, 4) is 11.5 Å². The van der Waals surface area contributed by atoms with Gasteiger partial charge in [-0.3, -0.25) is 10.3 Å². The average molecular weight is 401 g/mol. The first-order chi connectivity index (χ1) is 14.1. The third kappa shape index (κ3) is 4.13. The van der Waals surface area contributed by atoms with Gasteiger partial charge in [0.05, 0.1) is 32.0 Å². The van der Waals surface area contributed by atoms with E-state index in [0.717, 1.165) is 54.6 Å². The molecule has 0 radical (unpaired) electrons. The van der Waals surface area contributed by atoms with Gasteiger partial charge >= 0.3 is 0 Å². The van der Waals surface area contributed by atoms with Crippen LogP contribution >= 0.6 is 0 Å². The van der Waals surface area contributed by atoms with Crippen LogP contribution in [0.25, 0.3) is 0 Å². The number of likely N-dealkylation sites (tertiary alicyclic amines) is 1. The molecule has 2 N–H and O–H groups in total. The summed E-state index contributed by atoms with van der Waals surface area (Å²) in [6, 6.07) is 8.59. The highest BCUT2D eigenvalue weighted by Crippen LogP contribution is 2.38. The summed E-state index contributed by atoms with van der Waals surface area (Å²) in [5.41, 5.74) is 8.96. The highest BCUT2D eigenvalue weighted by Gasteiger charge is 2.36. The molecule has 0 amide bonds. The molecule has 4 rings (SSSR count). The van der Waals surface area contributed by atoms with Gasteiger partial charge in [0.2, 0.25) is 0 Å². The van der Waals surface area contributed by atoms with E-state index in [4.69, 9.17) is 14.0 Å². The number of methoxy groups -OCH3 is 2. The van der Waals surface area contributed by atoms with E-state index < -0.39 is 0 Å². The Morgan fingerprint density at radius 1 is 1.24 bits per heavy atom. The standard InChI is InChI=1S/C22H32N4O3/c1-14(2)18-11-21(29-25-18)19-6-5-9-26(19)13-15-12-23-24-22(15)17-10-16(27-3)7-8-20(17)28-4/h7-8,10-11,14-15,19,22-24H,5-6,9,12-13H2,1-4H3. The summed E-state index contributed by atoms with van der Waals surface area (Å²) in [6.07, 6.45) is 2.30. The minimum atomic E-state index is 0.155. The van der Waals surface area contributed by atoms with Gasteiger partial charge in [0.1, 0.15) is 11.5 Å². The number of nitrogens with zero attached hydrogens (tertiary/aromatic N) is 2. The third-order valence-electron chi connectivity index (χ3n) is 6.16. The van der Waals surface area contributed by atoms with E-state index in [1.807, 2.05) is 12.1 Å². The Bertz CT molecular complexity index is 822. The van der Waals surface area contributed by atoms with Crippen LogP contribution in [-0.4, -0.2) is 43.9 Å². The normalized spacial score (nSPS) is 25.1. The first kappa shape index (κ1) is 20.2. The second kappa shape index (κ2) is 8.73. The van der Waals surface area contributed by atoms with Crippen LogP contribution in [0.4, 0.5) is 0 Å². The lowest BCUT2D eigenvalue weighted by Crippen LogP contribution is -2.33. The quantitative estimate of drug-likeness (QED) is 0.738. The maximum atomic E-state index is 5.72. The third-order valence-corrected chi connectivity index (χ3v) is 6.16. The Labute approximate surface area is 172 Å². The van der Waals surface area contributed by atoms with Crippen LogP contribution in [0.1, 0.15) is 61.7 Å². The van der Waals surface area contributed by atoms with Gasteiger partial charge in [0.15, 0.2) is 5.76 Å². The molecule has 3 heterocycles. The predicted octanol–water partition coefficient (Wildman–Crippen LogP) is 3.42. The maximum Gasteiger partial charge on any atom is 0.154 e. The van der Waals surface area contributed by atoms with E-state index in [2.05, 4.69) is 46.9 Å². The van der Waals surface area contributed by atoms with E-state index in [-0.39, 0.29) is 6.04 Å². The molecule has 0 saturated carbocycles. The number of benzene rings is 1. The zero-order valence-corrected chi connectivity index (χ0v) is 17.8. The molecule has 1 aromatic carbocycles. The van der Waals surface area contributed by atoms with Crippen LogP contribution in [0.3, 0.4) is 0 Å². The van der Waals surface area contributed by atoms with Crippen molar-refractivity contribution in [2.45, 2.75) is 44.7 Å². The lowest BCUT2D eigenvalue weighted by Gasteiger charge is -2.28. The van der Waals surface area contributed by atoms with Crippen molar-refractivity contribution in [3.05, 3.63) is 41.3 Å². The summed E-state index contributed by atoms with van der Waals surface area (Å²) >= 11 is 0. The molecule has 2 aliphatic rings. The molecule has 29 heavy (non-hydrogen) atoms. The van der Waals surface area contributed by atoms with Crippen molar-refractivity contribution in [2.75, 3.05) is 33.9 Å². The Balaban J connectivity index is 1.52. The zero-order chi connectivity index (χ0) is 20.4. The Morgan fingerprint density at radius 3 is 2.83 bits per heavy atom. The van der Waals surface area contributed by atoms with Gasteiger partial charge < -0.3 is 14.0 Å². The number of hydrogen-bond acceptors (Lipinski definition) is 7. The molecular weight excluding hydrogens is 368 g/mol. The fourth-order valence-corrected chi connectivity index (χ4v) is 4.52. The van der Waals surface area contributed by atoms with Crippen molar-refractivity contribution in [3.63, 3.8) is 0 Å². The highest BCUT2D eigenvalue weighted by molar-refractivity contribution is 5.43. The number of rotatable bonds is 7. The molecule has 0 bridgehead atoms. The van der Waals surface area contributed by atoms with Gasteiger partial charge in [-0.2, -0.15) is 0 Å². The number of hydrazine groups is 1. The maximum absolute atomic E-state index is 5.72. The average Bonchev–Trinajstić information content (AvgIpc) is 3.48. The minimum Gasteiger partial charge on any atom is -0.497 e. The molecule has 3 unspecified atom stereocenters. The zero-order valence-electron chi connectivity index (χ0n) is 17.8. The summed E-state index contributed by atoms with van der Waals surface area (Å²) in [5, 5.41) is 4.27. The van der Waals surface area contributed by atoms with Crippen molar-refractivity contribution in [2.24, 2.45) is 5.92 Å². The highest BCUT2D eigenvalue weighted by atomic mass is 16.5. The monoisotopic (exact) mass is 400 g/mol. The van der Waals surface area contributed by atoms with Crippen LogP contribution in [0.5, 0.6) is 11.5 Å². The van der Waals surface area contributed by atoms with Gasteiger partial charge in [0, 0.05) is 30.6 Å². The Kier molecular flexibility index (Phi) is 6.08. The molecule has 7 heteroatoms. The van der Waals surface area contributed by atoms with Crippen LogP contribution in [0, 0.1) is 5.92 Å². The van der Waals surface area contributed by atoms with Crippen LogP contribution in [0.2, 0.25) is 0 Å². The van der Waals surface area contributed by atoms with Crippen molar-refractivity contribution in [1.29, 1.82) is 0 Å². The minimum absolute atomic E-state index is 0.155. The SMILES string of the molecule is COc1ccc(OC)c(C2NNCC2CN2CCCC2c2cc(C(C)C)no2)c1. The lowest BCUT2D eigenvalue weighted by atomic mass is 9.93. The molecule has 2 aromatic rings. The van der Waals surface area contributed by atoms with Crippen LogP contribution < -0.4 is 20.3 Å². The van der Waals surface area contributed by atoms with E-state index >= 15 is 0 Å². The molecule has 3 atom stereocenters. The van der Waals surface area contributed by atoms with E-state index in [1.165, 1.54) is 6.42 Å². The van der Waals surface area contributed by atoms with Gasteiger partial charge in [-0.25, -0.2) is 5.43 Å². The molecular formula is C22H32N4O3. The number of ether oxygens (including phenoxy) is 2. The first-order valence-electron chi connectivity index (χ1n) is 10.5. The Hall–Kier alpha value is -2.09. The summed E-state index contributed by atoms with van der Waals surface area (Å²) in [4.78, 5) is 2.55. The fourth-order valence-electron chi connectivity index (χ4n) is 4.52. The second-order valence-electron chi connectivity index (χ2n) is 8.33. The molecule has 2 aliphatic heterocycles. The molecule has 2 saturated heterocycles.